The van der Waals surface area contributed by atoms with E-state index in [-0.39, 0.29) is 48.1 Å². The summed E-state index contributed by atoms with van der Waals surface area (Å²) in [5, 5.41) is 6.18. The van der Waals surface area contributed by atoms with Crippen molar-refractivity contribution in [3.05, 3.63) is 35.1 Å². The van der Waals surface area contributed by atoms with Crippen LogP contribution in [0.15, 0.2) is 23.2 Å². The van der Waals surface area contributed by atoms with Crippen LogP contribution >= 0.6 is 35.7 Å². The minimum Gasteiger partial charge on any atom is -0.355 e. The molecule has 154 valence electrons. The van der Waals surface area contributed by atoms with Crippen LogP contribution in [0.5, 0.6) is 0 Å². The number of halogens is 2. The number of rotatable bonds is 6. The van der Waals surface area contributed by atoms with Crippen LogP contribution in [0.4, 0.5) is 4.39 Å². The first-order valence-electron chi connectivity index (χ1n) is 8.62. The Hall–Kier alpha value is -0.590. The molecule has 2 rings (SSSR count). The average molecular weight is 530 g/mol. The Morgan fingerprint density at radius 3 is 2.63 bits per heavy atom. The van der Waals surface area contributed by atoms with Crippen molar-refractivity contribution in [3.8, 4) is 0 Å². The van der Waals surface area contributed by atoms with Gasteiger partial charge in [-0.15, -0.1) is 24.0 Å². The molecule has 6 nitrogen and oxygen atoms in total. The van der Waals surface area contributed by atoms with Crippen LogP contribution < -0.4 is 10.6 Å². The first-order valence-corrected chi connectivity index (χ1v) is 11.4. The summed E-state index contributed by atoms with van der Waals surface area (Å²) in [4.78, 5) is 4.11. The molecule has 1 fully saturated rings. The molecule has 0 aromatic heterocycles. The number of nitrogens with zero attached hydrogens (tertiary/aromatic N) is 2. The monoisotopic (exact) mass is 530 g/mol. The van der Waals surface area contributed by atoms with E-state index in [4.69, 9.17) is 0 Å². The SMILES string of the molecule is CN=C(NCCS(=O)(=O)N1CCSCC1)NC(C)c1ccc(C)c(F)c1.I. The van der Waals surface area contributed by atoms with E-state index in [0.29, 0.717) is 24.6 Å². The molecule has 1 aromatic rings. The topological polar surface area (TPSA) is 73.8 Å². The van der Waals surface area contributed by atoms with Crippen LogP contribution in [0.25, 0.3) is 0 Å². The summed E-state index contributed by atoms with van der Waals surface area (Å²) >= 11 is 1.78. The number of nitrogens with one attached hydrogen (secondary N) is 2. The second kappa shape index (κ2) is 11.4. The molecule has 0 saturated carbocycles. The summed E-state index contributed by atoms with van der Waals surface area (Å²) in [5.74, 6) is 1.96. The minimum atomic E-state index is -3.25. The van der Waals surface area contributed by atoms with Crippen molar-refractivity contribution in [2.75, 3.05) is 43.9 Å². The zero-order valence-corrected chi connectivity index (χ0v) is 19.8. The number of aryl methyl sites for hydroxylation is 1. The van der Waals surface area contributed by atoms with Crippen molar-refractivity contribution in [1.29, 1.82) is 0 Å². The molecular weight excluding hydrogens is 502 g/mol. The van der Waals surface area contributed by atoms with Crippen molar-refractivity contribution in [2.45, 2.75) is 19.9 Å². The fraction of sp³-hybridized carbons (Fsp3) is 0.588. The maximum absolute atomic E-state index is 13.7. The highest BCUT2D eigenvalue weighted by molar-refractivity contribution is 14.0. The van der Waals surface area contributed by atoms with Crippen LogP contribution in [-0.4, -0.2) is 62.6 Å². The van der Waals surface area contributed by atoms with Gasteiger partial charge in [0.25, 0.3) is 0 Å². The molecule has 1 atom stereocenters. The van der Waals surface area contributed by atoms with Crippen LogP contribution in [0.1, 0.15) is 24.1 Å². The predicted molar refractivity (Wildman–Crippen MR) is 122 cm³/mol. The molecule has 1 aliphatic rings. The van der Waals surface area contributed by atoms with Crippen LogP contribution in [0.3, 0.4) is 0 Å². The molecule has 0 spiro atoms. The lowest BCUT2D eigenvalue weighted by Crippen LogP contribution is -2.44. The Bertz CT molecular complexity index is 740. The van der Waals surface area contributed by atoms with Gasteiger partial charge in [0.1, 0.15) is 5.82 Å². The summed E-state index contributed by atoms with van der Waals surface area (Å²) in [5.41, 5.74) is 1.40. The van der Waals surface area contributed by atoms with Gasteiger partial charge < -0.3 is 10.6 Å². The van der Waals surface area contributed by atoms with Gasteiger partial charge >= 0.3 is 0 Å². The third kappa shape index (κ3) is 7.39. The number of aliphatic imine (C=N–C) groups is 1. The highest BCUT2D eigenvalue weighted by Gasteiger charge is 2.23. The van der Waals surface area contributed by atoms with Crippen LogP contribution in [0.2, 0.25) is 0 Å². The summed E-state index contributed by atoms with van der Waals surface area (Å²) in [6.45, 7) is 5.05. The molecule has 0 amide bonds. The van der Waals surface area contributed by atoms with Crippen molar-refractivity contribution >= 4 is 51.7 Å². The largest absolute Gasteiger partial charge is 0.355 e. The van der Waals surface area contributed by atoms with E-state index < -0.39 is 10.0 Å². The van der Waals surface area contributed by atoms with E-state index >= 15 is 0 Å². The molecule has 27 heavy (non-hydrogen) atoms. The lowest BCUT2D eigenvalue weighted by atomic mass is 10.1. The molecule has 1 unspecified atom stereocenters. The smallest absolute Gasteiger partial charge is 0.215 e. The third-order valence-electron chi connectivity index (χ3n) is 4.29. The Labute approximate surface area is 182 Å². The van der Waals surface area contributed by atoms with Crippen molar-refractivity contribution in [1.82, 2.24) is 14.9 Å². The number of hydrogen-bond acceptors (Lipinski definition) is 4. The standard InChI is InChI=1S/C17H27FN4O2S2.HI/c1-13-4-5-15(12-16(13)18)14(2)21-17(19-3)20-6-11-26(23,24)22-7-9-25-10-8-22;/h4-5,12,14H,6-11H2,1-3H3,(H2,19,20,21);1H. The molecule has 1 saturated heterocycles. The Kier molecular flexibility index (Phi) is 10.3. The highest BCUT2D eigenvalue weighted by Crippen LogP contribution is 2.16. The van der Waals surface area contributed by atoms with E-state index in [1.165, 1.54) is 6.07 Å². The van der Waals surface area contributed by atoms with Gasteiger partial charge in [-0.05, 0) is 31.0 Å². The third-order valence-corrected chi connectivity index (χ3v) is 7.10. The lowest BCUT2D eigenvalue weighted by Gasteiger charge is -2.26. The summed E-state index contributed by atoms with van der Waals surface area (Å²) in [6, 6.07) is 4.94. The Morgan fingerprint density at radius 2 is 2.04 bits per heavy atom. The number of thioether (sulfide) groups is 1. The fourth-order valence-corrected chi connectivity index (χ4v) is 5.11. The van der Waals surface area contributed by atoms with Gasteiger partial charge in [-0.2, -0.15) is 11.8 Å². The lowest BCUT2D eigenvalue weighted by molar-refractivity contribution is 0.443. The first-order chi connectivity index (χ1) is 12.3. The van der Waals surface area contributed by atoms with E-state index in [0.717, 1.165) is 17.1 Å². The maximum Gasteiger partial charge on any atom is 0.215 e. The van der Waals surface area contributed by atoms with E-state index in [1.807, 2.05) is 13.0 Å². The Balaban J connectivity index is 0.00000364. The fourth-order valence-electron chi connectivity index (χ4n) is 2.61. The molecule has 0 radical (unpaired) electrons. The normalized spacial score (nSPS) is 17.1. The van der Waals surface area contributed by atoms with Gasteiger partial charge in [0.15, 0.2) is 5.96 Å². The molecule has 0 aliphatic carbocycles. The Morgan fingerprint density at radius 1 is 1.37 bits per heavy atom. The summed E-state index contributed by atoms with van der Waals surface area (Å²) in [7, 11) is -1.63. The van der Waals surface area contributed by atoms with E-state index in [1.54, 1.807) is 36.1 Å². The second-order valence-electron chi connectivity index (χ2n) is 6.20. The zero-order valence-electron chi connectivity index (χ0n) is 15.9. The molecule has 1 aromatic carbocycles. The van der Waals surface area contributed by atoms with Gasteiger partial charge in [0.2, 0.25) is 10.0 Å². The maximum atomic E-state index is 13.7. The van der Waals surface area contributed by atoms with Crippen molar-refractivity contribution < 1.29 is 12.8 Å². The highest BCUT2D eigenvalue weighted by atomic mass is 127. The number of hydrogen-bond donors (Lipinski definition) is 2. The quantitative estimate of drug-likeness (QED) is 0.336. The molecular formula is C17H28FIN4O2S2. The van der Waals surface area contributed by atoms with E-state index in [9.17, 15) is 12.8 Å². The van der Waals surface area contributed by atoms with Crippen LogP contribution in [-0.2, 0) is 10.0 Å². The van der Waals surface area contributed by atoms with Crippen molar-refractivity contribution in [2.24, 2.45) is 4.99 Å². The number of guanidine groups is 1. The van der Waals surface area contributed by atoms with Gasteiger partial charge in [0.05, 0.1) is 11.8 Å². The van der Waals surface area contributed by atoms with Gasteiger partial charge in [-0.3, -0.25) is 4.99 Å². The predicted octanol–water partition coefficient (Wildman–Crippen LogP) is 2.36. The second-order valence-corrected chi connectivity index (χ2v) is 9.51. The molecule has 0 bridgehead atoms. The number of sulfonamides is 1. The first kappa shape index (κ1) is 24.4. The van der Waals surface area contributed by atoms with Crippen LogP contribution in [0, 0.1) is 12.7 Å². The van der Waals surface area contributed by atoms with Gasteiger partial charge in [-0.1, -0.05) is 12.1 Å². The number of benzene rings is 1. The summed E-state index contributed by atoms with van der Waals surface area (Å²) < 4.78 is 40.0. The van der Waals surface area contributed by atoms with E-state index in [2.05, 4.69) is 15.6 Å². The molecule has 1 aliphatic heterocycles. The molecule has 10 heteroatoms. The van der Waals surface area contributed by atoms with Crippen molar-refractivity contribution in [3.63, 3.8) is 0 Å². The zero-order chi connectivity index (χ0) is 19.2. The van der Waals surface area contributed by atoms with Gasteiger partial charge in [-0.25, -0.2) is 17.1 Å². The molecule has 2 N–H and O–H groups in total. The summed E-state index contributed by atoms with van der Waals surface area (Å²) in [6.07, 6.45) is 0. The minimum absolute atomic E-state index is 0. The average Bonchev–Trinajstić information content (AvgIpc) is 2.63. The molecule has 1 heterocycles. The van der Waals surface area contributed by atoms with Gasteiger partial charge in [0, 0.05) is 38.2 Å².